The number of nitrogens with one attached hydrogen (secondary N) is 2. The number of alkyl halides is 3. The zero-order valence-electron chi connectivity index (χ0n) is 16.1. The third kappa shape index (κ3) is 6.28. The Kier molecular flexibility index (Phi) is 6.90. The van der Waals surface area contributed by atoms with E-state index in [9.17, 15) is 22.8 Å². The highest BCUT2D eigenvalue weighted by Gasteiger charge is 2.31. The number of hydrogen-bond donors (Lipinski definition) is 2. The average Bonchev–Trinajstić information content (AvgIpc) is 3.09. The quantitative estimate of drug-likeness (QED) is 0.399. The maximum atomic E-state index is 12.2. The van der Waals surface area contributed by atoms with Gasteiger partial charge in [0, 0.05) is 30.0 Å². The molecule has 164 valence electrons. The van der Waals surface area contributed by atoms with E-state index in [-0.39, 0.29) is 28.9 Å². The first kappa shape index (κ1) is 22.3. The van der Waals surface area contributed by atoms with Crippen LogP contribution in [0, 0.1) is 0 Å². The standard InChI is InChI=1S/C19H16F3N3O5S/c1-28-14-8-4-13(5-9-14)25-17(18(27)30-24-25)31-11-10-16(26)23-12-2-6-15(7-3-12)29-19(20,21)22/h2-9H,10-11H2,1H3,(H-,23,24,26,27)/p+1. The van der Waals surface area contributed by atoms with Gasteiger partial charge in [0.15, 0.2) is 0 Å². The van der Waals surface area contributed by atoms with Gasteiger partial charge in [0.25, 0.3) is 0 Å². The molecule has 0 aliphatic heterocycles. The molecule has 0 aliphatic carbocycles. The fourth-order valence-electron chi connectivity index (χ4n) is 2.49. The molecule has 0 unspecified atom stereocenters. The van der Waals surface area contributed by atoms with Crippen LogP contribution in [0.3, 0.4) is 0 Å². The van der Waals surface area contributed by atoms with Crippen LogP contribution in [0.15, 0.2) is 62.9 Å². The number of aromatic amines is 1. The largest absolute Gasteiger partial charge is 0.573 e. The van der Waals surface area contributed by atoms with Gasteiger partial charge in [0.1, 0.15) is 11.5 Å². The summed E-state index contributed by atoms with van der Waals surface area (Å²) in [5.74, 6) is 0.162. The molecule has 8 nitrogen and oxygen atoms in total. The molecule has 31 heavy (non-hydrogen) atoms. The highest BCUT2D eigenvalue weighted by Crippen LogP contribution is 2.24. The van der Waals surface area contributed by atoms with E-state index in [4.69, 9.17) is 9.26 Å². The molecule has 0 atom stereocenters. The Labute approximate surface area is 177 Å². The SMILES string of the molecule is COc1ccc(-[n+]2[nH]oc(=O)c2SCCC(=O)Nc2ccc(OC(F)(F)F)cc2)cc1. The first-order valence-electron chi connectivity index (χ1n) is 8.81. The van der Waals surface area contributed by atoms with Crippen LogP contribution in [0.25, 0.3) is 5.69 Å². The van der Waals surface area contributed by atoms with Crippen molar-refractivity contribution in [3.63, 3.8) is 0 Å². The third-order valence-corrected chi connectivity index (χ3v) is 4.91. The van der Waals surface area contributed by atoms with E-state index in [2.05, 4.69) is 15.3 Å². The van der Waals surface area contributed by atoms with Crippen molar-refractivity contribution >= 4 is 23.4 Å². The van der Waals surface area contributed by atoms with E-state index in [1.54, 1.807) is 31.4 Å². The Balaban J connectivity index is 1.55. The Bertz CT molecular complexity index is 1080. The molecule has 0 saturated carbocycles. The highest BCUT2D eigenvalue weighted by atomic mass is 32.2. The molecule has 0 spiro atoms. The number of rotatable bonds is 8. The zero-order valence-corrected chi connectivity index (χ0v) is 16.9. The topological polar surface area (TPSA) is 97.4 Å². The van der Waals surface area contributed by atoms with Gasteiger partial charge in [0.05, 0.1) is 7.11 Å². The number of hydrogen-bond acceptors (Lipinski definition) is 6. The number of H-pyrrole nitrogens is 1. The smallest absolute Gasteiger partial charge is 0.497 e. The lowest BCUT2D eigenvalue weighted by atomic mass is 10.3. The predicted molar refractivity (Wildman–Crippen MR) is 105 cm³/mol. The summed E-state index contributed by atoms with van der Waals surface area (Å²) in [7, 11) is 1.54. The lowest BCUT2D eigenvalue weighted by molar-refractivity contribution is -0.704. The van der Waals surface area contributed by atoms with Gasteiger partial charge in [-0.15, -0.1) is 13.2 Å². The minimum absolute atomic E-state index is 0.0543. The van der Waals surface area contributed by atoms with Crippen molar-refractivity contribution in [2.45, 2.75) is 17.8 Å². The molecule has 2 aromatic carbocycles. The Hall–Kier alpha value is -3.41. The van der Waals surface area contributed by atoms with Crippen molar-refractivity contribution in [3.8, 4) is 17.2 Å². The summed E-state index contributed by atoms with van der Waals surface area (Å²) < 4.78 is 51.7. The maximum Gasteiger partial charge on any atom is 0.573 e. The van der Waals surface area contributed by atoms with Gasteiger partial charge in [-0.2, -0.15) is 0 Å². The van der Waals surface area contributed by atoms with Crippen LogP contribution in [0.5, 0.6) is 11.5 Å². The number of halogens is 3. The molecular formula is C19H17F3N3O5S+. The number of carbonyl (C=O) groups excluding carboxylic acids is 1. The number of anilines is 1. The second-order valence-electron chi connectivity index (χ2n) is 6.04. The number of aromatic nitrogens is 2. The molecular weight excluding hydrogens is 439 g/mol. The van der Waals surface area contributed by atoms with Crippen molar-refractivity contribution in [2.24, 2.45) is 0 Å². The van der Waals surface area contributed by atoms with Gasteiger partial charge in [-0.05, 0) is 58.1 Å². The summed E-state index contributed by atoms with van der Waals surface area (Å²) in [6, 6.07) is 11.7. The molecule has 1 amide bonds. The molecule has 0 fully saturated rings. The van der Waals surface area contributed by atoms with Crippen molar-refractivity contribution in [1.82, 2.24) is 5.27 Å². The normalized spacial score (nSPS) is 11.2. The van der Waals surface area contributed by atoms with E-state index < -0.39 is 12.0 Å². The average molecular weight is 456 g/mol. The van der Waals surface area contributed by atoms with E-state index >= 15 is 0 Å². The minimum atomic E-state index is -4.78. The summed E-state index contributed by atoms with van der Waals surface area (Å²) >= 11 is 1.12. The summed E-state index contributed by atoms with van der Waals surface area (Å²) in [5, 5.41) is 5.32. The highest BCUT2D eigenvalue weighted by molar-refractivity contribution is 7.99. The molecule has 1 aromatic heterocycles. The lowest BCUT2D eigenvalue weighted by Crippen LogP contribution is -2.36. The third-order valence-electron chi connectivity index (χ3n) is 3.88. The van der Waals surface area contributed by atoms with Crippen LogP contribution < -0.4 is 25.1 Å². The van der Waals surface area contributed by atoms with E-state index in [1.165, 1.54) is 16.8 Å². The van der Waals surface area contributed by atoms with Crippen LogP contribution in [-0.4, -0.2) is 30.4 Å². The molecule has 3 rings (SSSR count). The van der Waals surface area contributed by atoms with Gasteiger partial charge in [-0.3, -0.25) is 9.32 Å². The summed E-state index contributed by atoms with van der Waals surface area (Å²) in [4.78, 5) is 24.1. The molecule has 0 saturated heterocycles. The van der Waals surface area contributed by atoms with Gasteiger partial charge < -0.3 is 14.8 Å². The molecule has 0 bridgehead atoms. The fourth-order valence-corrected chi connectivity index (χ4v) is 3.40. The van der Waals surface area contributed by atoms with Gasteiger partial charge in [-0.25, -0.2) is 4.79 Å². The summed E-state index contributed by atoms with van der Waals surface area (Å²) in [6.07, 6.45) is -4.73. The summed E-state index contributed by atoms with van der Waals surface area (Å²) in [5.41, 5.74) is 0.375. The Morgan fingerprint density at radius 3 is 2.39 bits per heavy atom. The fraction of sp³-hybridized carbons (Fsp3) is 0.211. The van der Waals surface area contributed by atoms with Crippen LogP contribution in [0.4, 0.5) is 18.9 Å². The first-order chi connectivity index (χ1) is 14.7. The van der Waals surface area contributed by atoms with E-state index in [1.807, 2.05) is 0 Å². The predicted octanol–water partition coefficient (Wildman–Crippen LogP) is 3.27. The molecule has 0 aliphatic rings. The van der Waals surface area contributed by atoms with Crippen molar-refractivity contribution in [3.05, 3.63) is 59.0 Å². The minimum Gasteiger partial charge on any atom is -0.497 e. The van der Waals surface area contributed by atoms with Crippen molar-refractivity contribution in [2.75, 3.05) is 18.2 Å². The first-order valence-corrected chi connectivity index (χ1v) is 9.80. The lowest BCUT2D eigenvalue weighted by Gasteiger charge is -2.09. The number of nitrogens with zero attached hydrogens (tertiary/aromatic N) is 1. The van der Waals surface area contributed by atoms with Crippen LogP contribution >= 0.6 is 11.8 Å². The van der Waals surface area contributed by atoms with Crippen LogP contribution in [0.1, 0.15) is 6.42 Å². The number of carbonyl (C=O) groups is 1. The van der Waals surface area contributed by atoms with Gasteiger partial charge in [0.2, 0.25) is 11.6 Å². The van der Waals surface area contributed by atoms with E-state index in [0.29, 0.717) is 17.1 Å². The Morgan fingerprint density at radius 2 is 1.77 bits per heavy atom. The number of thioether (sulfide) groups is 1. The number of methoxy groups -OCH3 is 1. The van der Waals surface area contributed by atoms with E-state index in [0.717, 1.165) is 23.9 Å². The molecule has 1 heterocycles. The number of benzene rings is 2. The van der Waals surface area contributed by atoms with Crippen molar-refractivity contribution in [1.29, 1.82) is 0 Å². The monoisotopic (exact) mass is 456 g/mol. The van der Waals surface area contributed by atoms with Gasteiger partial charge in [-0.1, -0.05) is 0 Å². The molecule has 2 N–H and O–H groups in total. The molecule has 3 aromatic rings. The molecule has 12 heteroatoms. The zero-order chi connectivity index (χ0) is 22.4. The number of amides is 1. The molecule has 0 radical (unpaired) electrons. The number of ether oxygens (including phenoxy) is 2. The summed E-state index contributed by atoms with van der Waals surface area (Å²) in [6.45, 7) is 0. The van der Waals surface area contributed by atoms with Crippen molar-refractivity contribution < 1.29 is 36.6 Å². The van der Waals surface area contributed by atoms with Crippen LogP contribution in [-0.2, 0) is 4.79 Å². The second kappa shape index (κ2) is 9.60. The second-order valence-corrected chi connectivity index (χ2v) is 7.12. The van der Waals surface area contributed by atoms with Crippen LogP contribution in [0.2, 0.25) is 0 Å². The Morgan fingerprint density at radius 1 is 1.13 bits per heavy atom. The van der Waals surface area contributed by atoms with Gasteiger partial charge >= 0.3 is 17.0 Å². The maximum absolute atomic E-state index is 12.2.